The molecule has 4 rings (SSSR count). The highest BCUT2D eigenvalue weighted by atomic mass is 35.5. The third-order valence-electron chi connectivity index (χ3n) is 5.35. The third-order valence-corrected chi connectivity index (χ3v) is 5.35. The molecule has 0 radical (unpaired) electrons. The molecule has 31 heavy (non-hydrogen) atoms. The van der Waals surface area contributed by atoms with Crippen molar-refractivity contribution >= 4 is 30.1 Å². The standard InChI is InChI=1S/C24H29N3O3.ClH/c28-17-16-27-14-12-26(13-15-27)11-6-18-29-24-23(19-20-7-2-1-3-8-20)30-22-10-5-4-9-21(22)25-24;/h1-5,7-10,19,28H,6,11-18H2;1H/b23-19+;. The summed E-state index contributed by atoms with van der Waals surface area (Å²) in [7, 11) is 0. The Morgan fingerprint density at radius 3 is 2.35 bits per heavy atom. The second kappa shape index (κ2) is 11.9. The highest BCUT2D eigenvalue weighted by Gasteiger charge is 2.21. The Morgan fingerprint density at radius 2 is 1.61 bits per heavy atom. The van der Waals surface area contributed by atoms with Gasteiger partial charge in [-0.2, -0.15) is 0 Å². The predicted octanol–water partition coefficient (Wildman–Crippen LogP) is 3.59. The van der Waals surface area contributed by atoms with Gasteiger partial charge in [0.2, 0.25) is 0 Å². The topological polar surface area (TPSA) is 57.5 Å². The van der Waals surface area contributed by atoms with Crippen molar-refractivity contribution in [2.45, 2.75) is 6.42 Å². The van der Waals surface area contributed by atoms with Crippen LogP contribution in [0.2, 0.25) is 0 Å². The van der Waals surface area contributed by atoms with Gasteiger partial charge in [0, 0.05) is 39.3 Å². The van der Waals surface area contributed by atoms with Crippen molar-refractivity contribution in [1.82, 2.24) is 9.80 Å². The van der Waals surface area contributed by atoms with Crippen molar-refractivity contribution in [1.29, 1.82) is 0 Å². The van der Waals surface area contributed by atoms with Crippen LogP contribution >= 0.6 is 12.4 Å². The molecule has 166 valence electrons. The van der Waals surface area contributed by atoms with Crippen LogP contribution in [0.15, 0.2) is 65.3 Å². The normalized spacial score (nSPS) is 18.0. The maximum atomic E-state index is 9.06. The van der Waals surface area contributed by atoms with Crippen LogP contribution in [0.1, 0.15) is 12.0 Å². The lowest BCUT2D eigenvalue weighted by atomic mass is 10.2. The summed E-state index contributed by atoms with van der Waals surface area (Å²) in [5.74, 6) is 1.91. The SMILES string of the molecule is Cl.OCCN1CCN(CCCOC2=Nc3ccccc3O/C2=C/c2ccccc2)CC1. The molecule has 2 heterocycles. The number of ether oxygens (including phenoxy) is 2. The minimum Gasteiger partial charge on any atom is -0.475 e. The molecular formula is C24H30ClN3O3. The largest absolute Gasteiger partial charge is 0.475 e. The monoisotopic (exact) mass is 443 g/mol. The van der Waals surface area contributed by atoms with Crippen molar-refractivity contribution < 1.29 is 14.6 Å². The Labute approximate surface area is 190 Å². The van der Waals surface area contributed by atoms with E-state index in [4.69, 9.17) is 19.6 Å². The number of aliphatic imine (C=N–C) groups is 1. The van der Waals surface area contributed by atoms with Gasteiger partial charge >= 0.3 is 0 Å². The van der Waals surface area contributed by atoms with Crippen LogP contribution in [0.3, 0.4) is 0 Å². The Hall–Kier alpha value is -2.38. The molecular weight excluding hydrogens is 414 g/mol. The van der Waals surface area contributed by atoms with Gasteiger partial charge in [-0.1, -0.05) is 42.5 Å². The van der Waals surface area contributed by atoms with Crippen molar-refractivity contribution in [3.63, 3.8) is 0 Å². The van der Waals surface area contributed by atoms with E-state index in [0.717, 1.165) is 62.7 Å². The fraction of sp³-hybridized carbons (Fsp3) is 0.375. The highest BCUT2D eigenvalue weighted by molar-refractivity contribution is 5.99. The molecule has 0 atom stereocenters. The first kappa shape index (κ1) is 23.3. The molecule has 6 nitrogen and oxygen atoms in total. The molecule has 1 fully saturated rings. The number of fused-ring (bicyclic) bond motifs is 1. The lowest BCUT2D eigenvalue weighted by molar-refractivity contribution is 0.108. The number of hydrogen-bond acceptors (Lipinski definition) is 6. The van der Waals surface area contributed by atoms with E-state index in [-0.39, 0.29) is 19.0 Å². The van der Waals surface area contributed by atoms with Crippen LogP contribution < -0.4 is 4.74 Å². The quantitative estimate of drug-likeness (QED) is 0.663. The van der Waals surface area contributed by atoms with E-state index in [1.807, 2.05) is 60.7 Å². The molecule has 0 aromatic heterocycles. The molecule has 2 aliphatic rings. The van der Waals surface area contributed by atoms with Crippen LogP contribution in [0.4, 0.5) is 5.69 Å². The maximum absolute atomic E-state index is 9.06. The van der Waals surface area contributed by atoms with Crippen molar-refractivity contribution in [3.05, 3.63) is 65.9 Å². The molecule has 7 heteroatoms. The van der Waals surface area contributed by atoms with Gasteiger partial charge < -0.3 is 19.5 Å². The number of halogens is 1. The fourth-order valence-electron chi connectivity index (χ4n) is 3.69. The van der Waals surface area contributed by atoms with Gasteiger partial charge in [0.05, 0.1) is 13.2 Å². The third kappa shape index (κ3) is 6.55. The molecule has 1 saturated heterocycles. The van der Waals surface area contributed by atoms with Gasteiger partial charge in [-0.15, -0.1) is 12.4 Å². The number of β-amino-alcohol motifs (C(OH)–C–C–N with tert-alkyl or cyclic N) is 1. The molecule has 1 N–H and O–H groups in total. The number of rotatable bonds is 7. The molecule has 0 bridgehead atoms. The smallest absolute Gasteiger partial charge is 0.258 e. The minimum absolute atomic E-state index is 0. The van der Waals surface area contributed by atoms with Gasteiger partial charge in [-0.25, -0.2) is 4.99 Å². The highest BCUT2D eigenvalue weighted by Crippen LogP contribution is 2.34. The van der Waals surface area contributed by atoms with E-state index in [9.17, 15) is 0 Å². The van der Waals surface area contributed by atoms with E-state index in [1.165, 1.54) is 0 Å². The summed E-state index contributed by atoms with van der Waals surface area (Å²) in [4.78, 5) is 9.45. The average Bonchev–Trinajstić information content (AvgIpc) is 2.79. The van der Waals surface area contributed by atoms with Crippen LogP contribution in [-0.2, 0) is 4.74 Å². The van der Waals surface area contributed by atoms with Gasteiger partial charge in [0.1, 0.15) is 5.69 Å². The van der Waals surface area contributed by atoms with Crippen LogP contribution in [0.5, 0.6) is 5.75 Å². The first-order chi connectivity index (χ1) is 14.8. The zero-order valence-electron chi connectivity index (χ0n) is 17.7. The zero-order chi connectivity index (χ0) is 20.6. The van der Waals surface area contributed by atoms with Gasteiger partial charge in [0.15, 0.2) is 11.5 Å². The molecule has 2 aromatic carbocycles. The second-order valence-corrected chi connectivity index (χ2v) is 7.51. The summed E-state index contributed by atoms with van der Waals surface area (Å²) in [5.41, 5.74) is 1.83. The van der Waals surface area contributed by atoms with Crippen molar-refractivity contribution in [3.8, 4) is 5.75 Å². The predicted molar refractivity (Wildman–Crippen MR) is 126 cm³/mol. The summed E-state index contributed by atoms with van der Waals surface area (Å²) < 4.78 is 12.2. The van der Waals surface area contributed by atoms with Crippen molar-refractivity contribution in [2.24, 2.45) is 4.99 Å². The number of nitrogens with zero attached hydrogens (tertiary/aromatic N) is 3. The average molecular weight is 444 g/mol. The first-order valence-corrected chi connectivity index (χ1v) is 10.6. The van der Waals surface area contributed by atoms with E-state index >= 15 is 0 Å². The molecule has 0 amide bonds. The zero-order valence-corrected chi connectivity index (χ0v) is 18.5. The van der Waals surface area contributed by atoms with E-state index < -0.39 is 0 Å². The Bertz CT molecular complexity index is 881. The Kier molecular flexibility index (Phi) is 8.91. The number of hydrogen-bond donors (Lipinski definition) is 1. The van der Waals surface area contributed by atoms with Crippen LogP contribution in [0.25, 0.3) is 6.08 Å². The Morgan fingerprint density at radius 1 is 0.935 bits per heavy atom. The number of piperazine rings is 1. The molecule has 2 aliphatic heterocycles. The van der Waals surface area contributed by atoms with Crippen LogP contribution in [-0.4, -0.2) is 73.3 Å². The number of aliphatic hydroxyl groups is 1. The summed E-state index contributed by atoms with van der Waals surface area (Å²) >= 11 is 0. The van der Waals surface area contributed by atoms with Gasteiger partial charge in [-0.3, -0.25) is 4.90 Å². The molecule has 0 spiro atoms. The molecule has 2 aromatic rings. The van der Waals surface area contributed by atoms with Gasteiger partial charge in [0.25, 0.3) is 5.90 Å². The van der Waals surface area contributed by atoms with Gasteiger partial charge in [-0.05, 0) is 30.2 Å². The number of para-hydroxylation sites is 2. The van der Waals surface area contributed by atoms with Crippen LogP contribution in [0, 0.1) is 0 Å². The summed E-state index contributed by atoms with van der Waals surface area (Å²) in [5, 5.41) is 9.06. The second-order valence-electron chi connectivity index (χ2n) is 7.51. The minimum atomic E-state index is 0. The lowest BCUT2D eigenvalue weighted by Gasteiger charge is -2.34. The Balaban J connectivity index is 0.00000272. The van der Waals surface area contributed by atoms with E-state index in [1.54, 1.807) is 0 Å². The van der Waals surface area contributed by atoms with E-state index in [2.05, 4.69) is 9.80 Å². The molecule has 0 aliphatic carbocycles. The van der Waals surface area contributed by atoms with E-state index in [0.29, 0.717) is 18.3 Å². The molecule has 0 unspecified atom stereocenters. The summed E-state index contributed by atoms with van der Waals surface area (Å²) in [6.45, 7) is 6.70. The number of benzene rings is 2. The summed E-state index contributed by atoms with van der Waals surface area (Å²) in [6.07, 6.45) is 2.90. The summed E-state index contributed by atoms with van der Waals surface area (Å²) in [6, 6.07) is 17.8. The number of aliphatic hydroxyl groups excluding tert-OH is 1. The first-order valence-electron chi connectivity index (χ1n) is 10.6. The maximum Gasteiger partial charge on any atom is 0.258 e. The fourth-order valence-corrected chi connectivity index (χ4v) is 3.69. The lowest BCUT2D eigenvalue weighted by Crippen LogP contribution is -2.47. The molecule has 0 saturated carbocycles. The van der Waals surface area contributed by atoms with Crippen molar-refractivity contribution in [2.75, 3.05) is 52.5 Å².